The van der Waals surface area contributed by atoms with Gasteiger partial charge in [0, 0.05) is 11.9 Å². The van der Waals surface area contributed by atoms with E-state index in [9.17, 15) is 13.2 Å². The molecule has 0 unspecified atom stereocenters. The highest BCUT2D eigenvalue weighted by Crippen LogP contribution is 2.20. The van der Waals surface area contributed by atoms with Crippen LogP contribution < -0.4 is 10.1 Å². The Kier molecular flexibility index (Phi) is 5.29. The van der Waals surface area contributed by atoms with E-state index in [0.717, 1.165) is 22.9 Å². The third kappa shape index (κ3) is 4.83. The van der Waals surface area contributed by atoms with Gasteiger partial charge in [0.1, 0.15) is 5.75 Å². The van der Waals surface area contributed by atoms with E-state index < -0.39 is 9.84 Å². The van der Waals surface area contributed by atoms with E-state index in [-0.39, 0.29) is 17.4 Å². The van der Waals surface area contributed by atoms with Crippen molar-refractivity contribution in [3.63, 3.8) is 0 Å². The van der Waals surface area contributed by atoms with E-state index in [0.29, 0.717) is 11.4 Å². The first-order valence-corrected chi connectivity index (χ1v) is 9.36. The highest BCUT2D eigenvalue weighted by atomic mass is 32.2. The predicted octanol–water partition coefficient (Wildman–Crippen LogP) is 3.03. The van der Waals surface area contributed by atoms with E-state index in [1.807, 2.05) is 32.0 Å². The van der Waals surface area contributed by atoms with Gasteiger partial charge in [-0.1, -0.05) is 12.1 Å². The molecule has 2 rings (SSSR count). The number of hydrogen-bond acceptors (Lipinski definition) is 4. The Balaban J connectivity index is 2.07. The van der Waals surface area contributed by atoms with Gasteiger partial charge in [0.2, 0.25) is 0 Å². The lowest BCUT2D eigenvalue weighted by Gasteiger charge is -2.11. The molecule has 2 aromatic rings. The molecular formula is C18H21NO4S. The third-order valence-electron chi connectivity index (χ3n) is 3.48. The van der Waals surface area contributed by atoms with Gasteiger partial charge in [-0.05, 0) is 61.7 Å². The Labute approximate surface area is 142 Å². The van der Waals surface area contributed by atoms with Crippen molar-refractivity contribution in [2.75, 3.05) is 18.2 Å². The topological polar surface area (TPSA) is 72.5 Å². The number of amides is 1. The zero-order valence-corrected chi connectivity index (χ0v) is 15.0. The van der Waals surface area contributed by atoms with Crippen molar-refractivity contribution < 1.29 is 17.9 Å². The molecule has 2 aromatic carbocycles. The monoisotopic (exact) mass is 347 g/mol. The number of sulfone groups is 1. The van der Waals surface area contributed by atoms with Gasteiger partial charge in [-0.25, -0.2) is 8.42 Å². The molecule has 0 aliphatic heterocycles. The summed E-state index contributed by atoms with van der Waals surface area (Å²) in [5.74, 6) is 0.284. The maximum atomic E-state index is 12.1. The number of ether oxygens (including phenoxy) is 1. The molecule has 5 nitrogen and oxygen atoms in total. The molecule has 1 amide bonds. The zero-order chi connectivity index (χ0) is 17.9. The number of carbonyl (C=O) groups excluding carboxylic acids is 1. The summed E-state index contributed by atoms with van der Waals surface area (Å²) in [6.45, 7) is 5.57. The van der Waals surface area contributed by atoms with E-state index >= 15 is 0 Å². The number of nitrogens with one attached hydrogen (secondary N) is 1. The summed E-state index contributed by atoms with van der Waals surface area (Å²) in [7, 11) is -3.33. The lowest BCUT2D eigenvalue weighted by Crippen LogP contribution is -2.21. The quantitative estimate of drug-likeness (QED) is 0.902. The van der Waals surface area contributed by atoms with Crippen molar-refractivity contribution in [3.8, 4) is 5.75 Å². The van der Waals surface area contributed by atoms with Gasteiger partial charge in [0.25, 0.3) is 5.91 Å². The van der Waals surface area contributed by atoms with Gasteiger partial charge in [0.15, 0.2) is 16.4 Å². The predicted molar refractivity (Wildman–Crippen MR) is 94.3 cm³/mol. The summed E-state index contributed by atoms with van der Waals surface area (Å²) in [4.78, 5) is 12.2. The fourth-order valence-electron chi connectivity index (χ4n) is 2.32. The molecule has 0 bridgehead atoms. The number of hydrogen-bond donors (Lipinski definition) is 1. The molecule has 0 aliphatic rings. The molecule has 128 valence electrons. The molecule has 0 aromatic heterocycles. The summed E-state index contributed by atoms with van der Waals surface area (Å²) in [5, 5.41) is 2.69. The average Bonchev–Trinajstić information content (AvgIpc) is 2.45. The maximum absolute atomic E-state index is 12.1. The zero-order valence-electron chi connectivity index (χ0n) is 14.2. The highest BCUT2D eigenvalue weighted by molar-refractivity contribution is 7.90. The standard InChI is InChI=1S/C18H21NO4S/c1-12-7-13(2)9-15(8-12)23-11-18(20)19-17-10-16(24(4,21)22)6-5-14(17)3/h5-10H,11H2,1-4H3,(H,19,20). The van der Waals surface area contributed by atoms with Crippen LogP contribution in [0.4, 0.5) is 5.69 Å². The molecule has 6 heteroatoms. The second kappa shape index (κ2) is 7.05. The van der Waals surface area contributed by atoms with E-state index in [1.54, 1.807) is 13.0 Å². The van der Waals surface area contributed by atoms with Gasteiger partial charge in [-0.2, -0.15) is 0 Å². The van der Waals surface area contributed by atoms with Crippen LogP contribution >= 0.6 is 0 Å². The molecule has 0 heterocycles. The van der Waals surface area contributed by atoms with Gasteiger partial charge in [-0.3, -0.25) is 4.79 Å². The largest absolute Gasteiger partial charge is 0.484 e. The minimum absolute atomic E-state index is 0.147. The smallest absolute Gasteiger partial charge is 0.262 e. The van der Waals surface area contributed by atoms with Crippen LogP contribution in [0.5, 0.6) is 5.75 Å². The molecule has 0 atom stereocenters. The van der Waals surface area contributed by atoms with Gasteiger partial charge >= 0.3 is 0 Å². The summed E-state index contributed by atoms with van der Waals surface area (Å²) < 4.78 is 28.7. The highest BCUT2D eigenvalue weighted by Gasteiger charge is 2.12. The van der Waals surface area contributed by atoms with Crippen LogP contribution in [0.1, 0.15) is 16.7 Å². The lowest BCUT2D eigenvalue weighted by atomic mass is 10.1. The van der Waals surface area contributed by atoms with Crippen LogP contribution in [-0.4, -0.2) is 27.2 Å². The van der Waals surface area contributed by atoms with Crippen LogP contribution in [0.25, 0.3) is 0 Å². The number of benzene rings is 2. The molecule has 24 heavy (non-hydrogen) atoms. The molecule has 0 spiro atoms. The average molecular weight is 347 g/mol. The molecule has 1 N–H and O–H groups in total. The number of anilines is 1. The second-order valence-electron chi connectivity index (χ2n) is 5.91. The van der Waals surface area contributed by atoms with Crippen molar-refractivity contribution in [1.82, 2.24) is 0 Å². The number of carbonyl (C=O) groups is 1. The first kappa shape index (κ1) is 18.0. The van der Waals surface area contributed by atoms with Crippen molar-refractivity contribution in [1.29, 1.82) is 0 Å². The Morgan fingerprint density at radius 1 is 1.04 bits per heavy atom. The summed E-state index contributed by atoms with van der Waals surface area (Å²) in [6.07, 6.45) is 1.13. The Morgan fingerprint density at radius 2 is 1.67 bits per heavy atom. The summed E-state index contributed by atoms with van der Waals surface area (Å²) in [5.41, 5.74) is 3.36. The molecule has 0 aliphatic carbocycles. The van der Waals surface area contributed by atoms with Crippen LogP contribution in [0.3, 0.4) is 0 Å². The molecule has 0 fully saturated rings. The summed E-state index contributed by atoms with van der Waals surface area (Å²) >= 11 is 0. The van der Waals surface area contributed by atoms with Crippen LogP contribution in [-0.2, 0) is 14.6 Å². The Hall–Kier alpha value is -2.34. The molecule has 0 radical (unpaired) electrons. The first-order valence-electron chi connectivity index (χ1n) is 7.47. The molecule has 0 saturated carbocycles. The second-order valence-corrected chi connectivity index (χ2v) is 7.92. The van der Waals surface area contributed by atoms with E-state index in [2.05, 4.69) is 5.32 Å². The number of aryl methyl sites for hydroxylation is 3. The van der Waals surface area contributed by atoms with Crippen LogP contribution in [0.15, 0.2) is 41.3 Å². The maximum Gasteiger partial charge on any atom is 0.262 e. The van der Waals surface area contributed by atoms with E-state index in [4.69, 9.17) is 4.74 Å². The Bertz CT molecular complexity index is 852. The molecule has 0 saturated heterocycles. The SMILES string of the molecule is Cc1cc(C)cc(OCC(=O)Nc2cc(S(C)(=O)=O)ccc2C)c1. The van der Waals surface area contributed by atoms with E-state index in [1.165, 1.54) is 12.1 Å². The molecular weight excluding hydrogens is 326 g/mol. The number of rotatable bonds is 5. The first-order chi connectivity index (χ1) is 11.1. The normalized spacial score (nSPS) is 11.2. The fraction of sp³-hybridized carbons (Fsp3) is 0.278. The van der Waals surface area contributed by atoms with Crippen molar-refractivity contribution in [2.24, 2.45) is 0 Å². The van der Waals surface area contributed by atoms with Crippen molar-refractivity contribution in [2.45, 2.75) is 25.7 Å². The minimum Gasteiger partial charge on any atom is -0.484 e. The fourth-order valence-corrected chi connectivity index (χ4v) is 2.96. The minimum atomic E-state index is -3.33. The summed E-state index contributed by atoms with van der Waals surface area (Å²) in [6, 6.07) is 10.4. The Morgan fingerprint density at radius 3 is 2.25 bits per heavy atom. The van der Waals surface area contributed by atoms with Crippen LogP contribution in [0, 0.1) is 20.8 Å². The van der Waals surface area contributed by atoms with Crippen molar-refractivity contribution >= 4 is 21.4 Å². The third-order valence-corrected chi connectivity index (χ3v) is 4.59. The van der Waals surface area contributed by atoms with Crippen molar-refractivity contribution in [3.05, 3.63) is 53.1 Å². The van der Waals surface area contributed by atoms with Gasteiger partial charge < -0.3 is 10.1 Å². The lowest BCUT2D eigenvalue weighted by molar-refractivity contribution is -0.118. The van der Waals surface area contributed by atoms with Gasteiger partial charge in [-0.15, -0.1) is 0 Å². The van der Waals surface area contributed by atoms with Gasteiger partial charge in [0.05, 0.1) is 4.90 Å². The van der Waals surface area contributed by atoms with Crippen LogP contribution in [0.2, 0.25) is 0 Å².